The van der Waals surface area contributed by atoms with E-state index in [0.717, 1.165) is 42.7 Å². The summed E-state index contributed by atoms with van der Waals surface area (Å²) >= 11 is 0. The number of nitrogens with zero attached hydrogens (tertiary/aromatic N) is 2. The van der Waals surface area contributed by atoms with Crippen LogP contribution in [-0.2, 0) is 4.74 Å². The smallest absolute Gasteiger partial charge is 0.254 e. The Labute approximate surface area is 169 Å². The topological polar surface area (TPSA) is 42.0 Å². The van der Waals surface area contributed by atoms with E-state index >= 15 is 0 Å². The number of morpholine rings is 1. The van der Waals surface area contributed by atoms with E-state index in [1.165, 1.54) is 32.4 Å². The number of ether oxygens (including phenoxy) is 2. The summed E-state index contributed by atoms with van der Waals surface area (Å²) in [6, 6.07) is 7.82. The maximum Gasteiger partial charge on any atom is 0.254 e. The summed E-state index contributed by atoms with van der Waals surface area (Å²) in [7, 11) is 0. The molecule has 1 saturated carbocycles. The highest BCUT2D eigenvalue weighted by Crippen LogP contribution is 2.37. The van der Waals surface area contributed by atoms with Crippen molar-refractivity contribution in [2.75, 3.05) is 39.5 Å². The van der Waals surface area contributed by atoms with E-state index in [1.807, 2.05) is 43.0 Å². The van der Waals surface area contributed by atoms with Crippen molar-refractivity contribution in [3.63, 3.8) is 0 Å². The van der Waals surface area contributed by atoms with E-state index in [9.17, 15) is 4.79 Å². The lowest BCUT2D eigenvalue weighted by molar-refractivity contribution is -0.0249. The summed E-state index contributed by atoms with van der Waals surface area (Å²) in [5.41, 5.74) is 0.719. The first kappa shape index (κ1) is 19.7. The number of carbonyl (C=O) groups is 1. The number of carbonyl (C=O) groups excluding carboxylic acids is 1. The van der Waals surface area contributed by atoms with Gasteiger partial charge in [-0.2, -0.15) is 0 Å². The van der Waals surface area contributed by atoms with Gasteiger partial charge in [0.25, 0.3) is 5.91 Å². The van der Waals surface area contributed by atoms with Gasteiger partial charge in [0.2, 0.25) is 0 Å². The minimum atomic E-state index is 0.0782. The maximum atomic E-state index is 12.8. The third-order valence-corrected chi connectivity index (χ3v) is 6.69. The van der Waals surface area contributed by atoms with Gasteiger partial charge < -0.3 is 19.3 Å². The average Bonchev–Trinajstić information content (AvgIpc) is 3.27. The molecular weight excluding hydrogens is 352 g/mol. The number of amides is 1. The Kier molecular flexibility index (Phi) is 6.22. The van der Waals surface area contributed by atoms with Gasteiger partial charge in [-0.25, -0.2) is 0 Å². The van der Waals surface area contributed by atoms with Crippen molar-refractivity contribution in [3.05, 3.63) is 29.8 Å². The zero-order valence-electron chi connectivity index (χ0n) is 17.3. The van der Waals surface area contributed by atoms with Crippen molar-refractivity contribution < 1.29 is 14.3 Å². The highest BCUT2D eigenvalue weighted by molar-refractivity contribution is 5.94. The highest BCUT2D eigenvalue weighted by atomic mass is 16.5. The van der Waals surface area contributed by atoms with Gasteiger partial charge in [0, 0.05) is 25.2 Å². The molecule has 5 nitrogen and oxygen atoms in total. The molecule has 1 aromatic rings. The molecule has 4 atom stereocenters. The molecule has 4 rings (SSSR count). The summed E-state index contributed by atoms with van der Waals surface area (Å²) in [6.45, 7) is 9.75. The second kappa shape index (κ2) is 8.83. The average molecular weight is 387 g/mol. The summed E-state index contributed by atoms with van der Waals surface area (Å²) in [4.78, 5) is 17.4. The molecule has 0 N–H and O–H groups in total. The van der Waals surface area contributed by atoms with Crippen LogP contribution in [0.2, 0.25) is 0 Å². The quantitative estimate of drug-likeness (QED) is 0.703. The first-order chi connectivity index (χ1) is 13.6. The van der Waals surface area contributed by atoms with Crippen molar-refractivity contribution in [2.45, 2.75) is 51.6 Å². The zero-order valence-corrected chi connectivity index (χ0v) is 17.3. The van der Waals surface area contributed by atoms with Gasteiger partial charge in [-0.1, -0.05) is 6.42 Å². The zero-order chi connectivity index (χ0) is 19.5. The van der Waals surface area contributed by atoms with Gasteiger partial charge in [-0.3, -0.25) is 4.79 Å². The highest BCUT2D eigenvalue weighted by Gasteiger charge is 2.35. The number of fused-ring (bicyclic) bond motifs is 1. The Bertz CT molecular complexity index is 640. The Morgan fingerprint density at radius 2 is 1.71 bits per heavy atom. The minimum Gasteiger partial charge on any atom is -0.494 e. The van der Waals surface area contributed by atoms with Crippen LogP contribution in [0.15, 0.2) is 24.3 Å². The maximum absolute atomic E-state index is 12.8. The third kappa shape index (κ3) is 4.36. The van der Waals surface area contributed by atoms with Crippen LogP contribution >= 0.6 is 0 Å². The standard InChI is InChI=1S/C23H34N2O3/c1-17-15-27-16-18(2)25(17)23(26)19-7-9-22(10-8-19)28-12-4-11-24-13-20-5-3-6-21(20)14-24/h7-10,17-18,20-21H,3-6,11-16H2,1-2H3. The molecule has 3 aliphatic rings. The van der Waals surface area contributed by atoms with E-state index in [0.29, 0.717) is 13.2 Å². The SMILES string of the molecule is CC1COCC(C)N1C(=O)c1ccc(OCCCN2CC3CCCC3C2)cc1. The lowest BCUT2D eigenvalue weighted by atomic mass is 10.0. The molecule has 0 radical (unpaired) electrons. The van der Waals surface area contributed by atoms with Crippen LogP contribution in [0.5, 0.6) is 5.75 Å². The third-order valence-electron chi connectivity index (χ3n) is 6.69. The molecule has 1 amide bonds. The Morgan fingerprint density at radius 3 is 2.36 bits per heavy atom. The molecule has 5 heteroatoms. The van der Waals surface area contributed by atoms with Crippen molar-refractivity contribution in [1.82, 2.24) is 9.80 Å². The molecule has 4 unspecified atom stereocenters. The summed E-state index contributed by atoms with van der Waals surface area (Å²) in [6.07, 6.45) is 5.37. The first-order valence-corrected chi connectivity index (χ1v) is 11.0. The van der Waals surface area contributed by atoms with Gasteiger partial charge in [0.1, 0.15) is 5.75 Å². The Hall–Kier alpha value is -1.59. The molecule has 3 fully saturated rings. The van der Waals surface area contributed by atoms with E-state index < -0.39 is 0 Å². The van der Waals surface area contributed by atoms with Crippen LogP contribution in [0.1, 0.15) is 49.9 Å². The molecule has 0 spiro atoms. The van der Waals surface area contributed by atoms with Crippen molar-refractivity contribution in [2.24, 2.45) is 11.8 Å². The fraction of sp³-hybridized carbons (Fsp3) is 0.696. The molecular formula is C23H34N2O3. The number of likely N-dealkylation sites (tertiary alicyclic amines) is 1. The number of benzene rings is 1. The normalized spacial score (nSPS) is 30.4. The van der Waals surface area contributed by atoms with Crippen LogP contribution in [0.3, 0.4) is 0 Å². The number of hydrogen-bond acceptors (Lipinski definition) is 4. The van der Waals surface area contributed by atoms with E-state index in [1.54, 1.807) is 0 Å². The molecule has 0 bridgehead atoms. The van der Waals surface area contributed by atoms with E-state index in [2.05, 4.69) is 4.90 Å². The van der Waals surface area contributed by atoms with Crippen molar-refractivity contribution in [3.8, 4) is 5.75 Å². The van der Waals surface area contributed by atoms with Crippen LogP contribution in [0.25, 0.3) is 0 Å². The first-order valence-electron chi connectivity index (χ1n) is 11.0. The molecule has 154 valence electrons. The van der Waals surface area contributed by atoms with Gasteiger partial charge in [0.05, 0.1) is 31.9 Å². The van der Waals surface area contributed by atoms with Gasteiger partial charge in [-0.15, -0.1) is 0 Å². The van der Waals surface area contributed by atoms with Crippen molar-refractivity contribution >= 4 is 5.91 Å². The van der Waals surface area contributed by atoms with Gasteiger partial charge in [-0.05, 0) is 69.2 Å². The number of hydrogen-bond donors (Lipinski definition) is 0. The second-order valence-electron chi connectivity index (χ2n) is 8.88. The molecule has 2 saturated heterocycles. The second-order valence-corrected chi connectivity index (χ2v) is 8.88. The molecule has 28 heavy (non-hydrogen) atoms. The lowest BCUT2D eigenvalue weighted by Gasteiger charge is -2.38. The summed E-state index contributed by atoms with van der Waals surface area (Å²) < 4.78 is 11.4. The summed E-state index contributed by atoms with van der Waals surface area (Å²) in [5.74, 6) is 2.85. The fourth-order valence-electron chi connectivity index (χ4n) is 5.24. The van der Waals surface area contributed by atoms with Crippen LogP contribution in [0, 0.1) is 11.8 Å². The molecule has 2 heterocycles. The lowest BCUT2D eigenvalue weighted by Crippen LogP contribution is -2.52. The largest absolute Gasteiger partial charge is 0.494 e. The fourth-order valence-corrected chi connectivity index (χ4v) is 5.24. The minimum absolute atomic E-state index is 0.0782. The molecule has 1 aliphatic carbocycles. The van der Waals surface area contributed by atoms with E-state index in [4.69, 9.17) is 9.47 Å². The summed E-state index contributed by atoms with van der Waals surface area (Å²) in [5, 5.41) is 0. The van der Waals surface area contributed by atoms with E-state index in [-0.39, 0.29) is 18.0 Å². The number of rotatable bonds is 6. The van der Waals surface area contributed by atoms with Crippen molar-refractivity contribution in [1.29, 1.82) is 0 Å². The molecule has 2 aliphatic heterocycles. The Balaban J connectivity index is 1.22. The molecule has 1 aromatic carbocycles. The van der Waals surface area contributed by atoms with Gasteiger partial charge in [0.15, 0.2) is 0 Å². The van der Waals surface area contributed by atoms with Gasteiger partial charge >= 0.3 is 0 Å². The Morgan fingerprint density at radius 1 is 1.07 bits per heavy atom. The molecule has 0 aromatic heterocycles. The predicted octanol–water partition coefficient (Wildman–Crippen LogP) is 3.44. The monoisotopic (exact) mass is 386 g/mol. The predicted molar refractivity (Wildman–Crippen MR) is 110 cm³/mol. The van der Waals surface area contributed by atoms with Crippen LogP contribution in [-0.4, -0.2) is 67.2 Å². The van der Waals surface area contributed by atoms with Crippen LogP contribution < -0.4 is 4.74 Å². The van der Waals surface area contributed by atoms with Crippen LogP contribution in [0.4, 0.5) is 0 Å².